The molecule has 2 aromatic rings. The number of benzene rings is 2. The SMILES string of the molecule is Cc1ccc2c(c1)N(S(C)(=O)=O)C[C@H](C(=O)NCc1ccc(Cl)cc1)O2. The van der Waals surface area contributed by atoms with Gasteiger partial charge in [0.2, 0.25) is 10.0 Å². The van der Waals surface area contributed by atoms with E-state index in [1.54, 1.807) is 24.3 Å². The maximum Gasteiger partial charge on any atom is 0.263 e. The average molecular weight is 395 g/mol. The molecule has 0 bridgehead atoms. The van der Waals surface area contributed by atoms with Gasteiger partial charge in [-0.25, -0.2) is 8.42 Å². The van der Waals surface area contributed by atoms with Crippen LogP contribution in [0.2, 0.25) is 5.02 Å². The highest BCUT2D eigenvalue weighted by Crippen LogP contribution is 2.35. The number of nitrogens with zero attached hydrogens (tertiary/aromatic N) is 1. The molecule has 0 saturated heterocycles. The number of hydrogen-bond acceptors (Lipinski definition) is 4. The van der Waals surface area contributed by atoms with Gasteiger partial charge in [0.1, 0.15) is 5.75 Å². The number of sulfonamides is 1. The molecule has 0 saturated carbocycles. The average Bonchev–Trinajstić information content (AvgIpc) is 2.59. The fraction of sp³-hybridized carbons (Fsp3) is 0.278. The molecule has 1 aliphatic rings. The summed E-state index contributed by atoms with van der Waals surface area (Å²) in [6.07, 6.45) is 0.194. The summed E-state index contributed by atoms with van der Waals surface area (Å²) in [5, 5.41) is 3.39. The van der Waals surface area contributed by atoms with Crippen molar-refractivity contribution in [3.63, 3.8) is 0 Å². The monoisotopic (exact) mass is 394 g/mol. The van der Waals surface area contributed by atoms with Crippen LogP contribution in [-0.4, -0.2) is 33.2 Å². The maximum atomic E-state index is 12.5. The molecule has 8 heteroatoms. The Kier molecular flexibility index (Phi) is 5.11. The molecule has 0 radical (unpaired) electrons. The van der Waals surface area contributed by atoms with Crippen molar-refractivity contribution in [1.82, 2.24) is 5.32 Å². The van der Waals surface area contributed by atoms with Crippen LogP contribution < -0.4 is 14.4 Å². The van der Waals surface area contributed by atoms with E-state index in [1.165, 1.54) is 4.31 Å². The van der Waals surface area contributed by atoms with Gasteiger partial charge in [-0.05, 0) is 42.3 Å². The molecule has 138 valence electrons. The lowest BCUT2D eigenvalue weighted by atomic mass is 10.1. The molecule has 0 aromatic heterocycles. The van der Waals surface area contributed by atoms with Crippen molar-refractivity contribution in [2.75, 3.05) is 17.1 Å². The first-order valence-corrected chi connectivity index (χ1v) is 10.2. The van der Waals surface area contributed by atoms with Crippen molar-refractivity contribution in [1.29, 1.82) is 0 Å². The number of halogens is 1. The minimum atomic E-state index is -3.54. The molecule has 0 aliphatic carbocycles. The molecule has 3 rings (SSSR count). The summed E-state index contributed by atoms with van der Waals surface area (Å²) in [5.74, 6) is -0.00116. The largest absolute Gasteiger partial charge is 0.476 e. The predicted molar refractivity (Wildman–Crippen MR) is 101 cm³/mol. The van der Waals surface area contributed by atoms with E-state index >= 15 is 0 Å². The minimum Gasteiger partial charge on any atom is -0.476 e. The number of hydrogen-bond donors (Lipinski definition) is 1. The van der Waals surface area contributed by atoms with Crippen LogP contribution >= 0.6 is 11.6 Å². The Bertz CT molecular complexity index is 929. The van der Waals surface area contributed by atoms with E-state index in [4.69, 9.17) is 16.3 Å². The maximum absolute atomic E-state index is 12.5. The molecule has 1 aliphatic heterocycles. The van der Waals surface area contributed by atoms with Gasteiger partial charge in [-0.15, -0.1) is 0 Å². The molecule has 1 amide bonds. The predicted octanol–water partition coefficient (Wildman–Crippen LogP) is 2.49. The summed E-state index contributed by atoms with van der Waals surface area (Å²) < 4.78 is 31.3. The lowest BCUT2D eigenvalue weighted by Crippen LogP contribution is -2.50. The number of nitrogens with one attached hydrogen (secondary N) is 1. The van der Waals surface area contributed by atoms with E-state index in [1.807, 2.05) is 25.1 Å². The molecule has 2 aromatic carbocycles. The Morgan fingerprint density at radius 3 is 2.62 bits per heavy atom. The van der Waals surface area contributed by atoms with Gasteiger partial charge in [-0.2, -0.15) is 0 Å². The molecule has 1 N–H and O–H groups in total. The normalized spacial score (nSPS) is 16.6. The van der Waals surface area contributed by atoms with Gasteiger partial charge >= 0.3 is 0 Å². The van der Waals surface area contributed by atoms with Crippen LogP contribution in [0.4, 0.5) is 5.69 Å². The summed E-state index contributed by atoms with van der Waals surface area (Å²) in [7, 11) is -3.54. The van der Waals surface area contributed by atoms with E-state index in [9.17, 15) is 13.2 Å². The van der Waals surface area contributed by atoms with E-state index in [-0.39, 0.29) is 12.5 Å². The van der Waals surface area contributed by atoms with Crippen LogP contribution in [-0.2, 0) is 21.4 Å². The third-order valence-electron chi connectivity index (χ3n) is 4.06. The number of anilines is 1. The van der Waals surface area contributed by atoms with Crippen LogP contribution in [0.1, 0.15) is 11.1 Å². The van der Waals surface area contributed by atoms with Crippen LogP contribution in [0.25, 0.3) is 0 Å². The number of carbonyl (C=O) groups excluding carboxylic acids is 1. The first kappa shape index (κ1) is 18.5. The molecule has 6 nitrogen and oxygen atoms in total. The van der Waals surface area contributed by atoms with E-state index in [2.05, 4.69) is 5.32 Å². The van der Waals surface area contributed by atoms with Crippen molar-refractivity contribution in [2.45, 2.75) is 19.6 Å². The molecule has 0 fully saturated rings. The van der Waals surface area contributed by atoms with Gasteiger partial charge in [0.05, 0.1) is 18.5 Å². The molecule has 26 heavy (non-hydrogen) atoms. The van der Waals surface area contributed by atoms with Crippen LogP contribution in [0.3, 0.4) is 0 Å². The summed E-state index contributed by atoms with van der Waals surface area (Å²) in [6, 6.07) is 12.3. The van der Waals surface area contributed by atoms with E-state index < -0.39 is 16.1 Å². The third kappa shape index (κ3) is 4.11. The number of aryl methyl sites for hydroxylation is 1. The fourth-order valence-electron chi connectivity index (χ4n) is 2.72. The highest BCUT2D eigenvalue weighted by molar-refractivity contribution is 7.92. The van der Waals surface area contributed by atoms with E-state index in [0.717, 1.165) is 17.4 Å². The molecule has 1 atom stereocenters. The Balaban J connectivity index is 1.77. The minimum absolute atomic E-state index is 0.0677. The van der Waals surface area contributed by atoms with Crippen molar-refractivity contribution in [3.05, 3.63) is 58.6 Å². The molecular weight excluding hydrogens is 376 g/mol. The standard InChI is InChI=1S/C18H19ClN2O4S/c1-12-3-8-16-15(9-12)21(26(2,23)24)11-17(25-16)18(22)20-10-13-4-6-14(19)7-5-13/h3-9,17H,10-11H2,1-2H3,(H,20,22)/t17-/m1/s1. The second-order valence-corrected chi connectivity index (χ2v) is 8.56. The van der Waals surface area contributed by atoms with Gasteiger partial charge in [-0.1, -0.05) is 29.8 Å². The van der Waals surface area contributed by atoms with Crippen LogP contribution in [0.15, 0.2) is 42.5 Å². The van der Waals surface area contributed by atoms with Crippen LogP contribution in [0.5, 0.6) is 5.75 Å². The van der Waals surface area contributed by atoms with Gasteiger partial charge in [-0.3, -0.25) is 9.10 Å². The summed E-state index contributed by atoms with van der Waals surface area (Å²) in [6.45, 7) is 2.10. The highest BCUT2D eigenvalue weighted by atomic mass is 35.5. The van der Waals surface area contributed by atoms with E-state index in [0.29, 0.717) is 23.0 Å². The van der Waals surface area contributed by atoms with Crippen LogP contribution in [0, 0.1) is 6.92 Å². The zero-order chi connectivity index (χ0) is 18.9. The first-order chi connectivity index (χ1) is 12.2. The topological polar surface area (TPSA) is 75.7 Å². The lowest BCUT2D eigenvalue weighted by molar-refractivity contribution is -0.127. The van der Waals surface area contributed by atoms with Gasteiger partial charge in [0.25, 0.3) is 5.91 Å². The number of amides is 1. The Hall–Kier alpha value is -2.25. The summed E-state index contributed by atoms with van der Waals surface area (Å²) in [4.78, 5) is 12.5. The van der Waals surface area contributed by atoms with Crippen molar-refractivity contribution in [2.24, 2.45) is 0 Å². The van der Waals surface area contributed by atoms with Gasteiger partial charge in [0.15, 0.2) is 6.10 Å². The van der Waals surface area contributed by atoms with Crippen molar-refractivity contribution >= 4 is 33.2 Å². The first-order valence-electron chi connectivity index (χ1n) is 8.01. The molecule has 1 heterocycles. The second-order valence-electron chi connectivity index (χ2n) is 6.22. The summed E-state index contributed by atoms with van der Waals surface area (Å²) >= 11 is 5.84. The third-order valence-corrected chi connectivity index (χ3v) is 5.46. The van der Waals surface area contributed by atoms with Gasteiger partial charge in [0, 0.05) is 11.6 Å². The Labute approximate surface area is 157 Å². The highest BCUT2D eigenvalue weighted by Gasteiger charge is 2.34. The van der Waals surface area contributed by atoms with Crippen molar-refractivity contribution in [3.8, 4) is 5.75 Å². The zero-order valence-corrected chi connectivity index (χ0v) is 16.0. The Morgan fingerprint density at radius 2 is 1.96 bits per heavy atom. The summed E-state index contributed by atoms with van der Waals surface area (Å²) in [5.41, 5.74) is 2.25. The Morgan fingerprint density at radius 1 is 1.27 bits per heavy atom. The second kappa shape index (κ2) is 7.17. The van der Waals surface area contributed by atoms with Gasteiger partial charge < -0.3 is 10.1 Å². The smallest absolute Gasteiger partial charge is 0.263 e. The molecule has 0 unspecified atom stereocenters. The number of ether oxygens (including phenoxy) is 1. The zero-order valence-electron chi connectivity index (χ0n) is 14.4. The number of fused-ring (bicyclic) bond motifs is 1. The molecular formula is C18H19ClN2O4S. The lowest BCUT2D eigenvalue weighted by Gasteiger charge is -2.34. The van der Waals surface area contributed by atoms with Crippen molar-refractivity contribution < 1.29 is 17.9 Å². The number of carbonyl (C=O) groups is 1. The molecule has 0 spiro atoms. The quantitative estimate of drug-likeness (QED) is 0.864. The number of rotatable bonds is 4. The fourth-order valence-corrected chi connectivity index (χ4v) is 3.75.